The smallest absolute Gasteiger partial charge is 0.461 e. The van der Waals surface area contributed by atoms with Gasteiger partial charge in [-0.25, -0.2) is 19.4 Å². The highest BCUT2D eigenvalue weighted by Gasteiger charge is 2.57. The van der Waals surface area contributed by atoms with Crippen LogP contribution in [0.2, 0.25) is 5.82 Å². The number of H-pyrrole nitrogens is 1. The summed E-state index contributed by atoms with van der Waals surface area (Å²) in [4.78, 5) is 64.8. The minimum Gasteiger partial charge on any atom is -0.508 e. The summed E-state index contributed by atoms with van der Waals surface area (Å²) in [6.45, 7) is 16.2. The topological polar surface area (TPSA) is 207 Å². The van der Waals surface area contributed by atoms with Gasteiger partial charge in [0.05, 0.1) is 29.1 Å². The zero-order chi connectivity index (χ0) is 53.2. The normalized spacial score (nSPS) is 17.7. The molecule has 17 heteroatoms. The van der Waals surface area contributed by atoms with Crippen LogP contribution in [0.3, 0.4) is 0 Å². The van der Waals surface area contributed by atoms with Gasteiger partial charge in [-0.3, -0.25) is 19.4 Å². The van der Waals surface area contributed by atoms with Crippen molar-refractivity contribution in [2.45, 2.75) is 123 Å². The number of aromatic nitrogens is 6. The van der Waals surface area contributed by atoms with E-state index in [0.717, 1.165) is 47.8 Å². The molecule has 0 bridgehead atoms. The van der Waals surface area contributed by atoms with Gasteiger partial charge in [-0.2, -0.15) is 5.10 Å². The minimum absolute atomic E-state index is 0.00840. The van der Waals surface area contributed by atoms with Crippen molar-refractivity contribution in [1.82, 2.24) is 39.5 Å². The third-order valence-corrected chi connectivity index (χ3v) is 15.4. The molecule has 2 fully saturated rings. The van der Waals surface area contributed by atoms with Crippen LogP contribution < -0.4 is 11.0 Å². The SMILES string of the molecule is CC(C)C[C@H](CC(=O)[C@H](Cc1ccccc1)NC(=O)c1cnccn1)B1OC(C)(C)C(C)(c2ccc(C(=O)N3CCC(CCn4ccc5cc(-n6c(-c7cc(C(C)C)c(O)cc7O)n[nH]c6=O)ccc54)CC3)cc2)O1. The molecule has 1 unspecified atom stereocenters. The first-order valence-corrected chi connectivity index (χ1v) is 26.1. The van der Waals surface area contributed by atoms with Crippen molar-refractivity contribution < 1.29 is 33.9 Å². The van der Waals surface area contributed by atoms with Crippen LogP contribution in [0.5, 0.6) is 11.5 Å². The standard InChI is InChI=1S/C58H67BN8O8/c1-36(2)29-43(32-52(70)47(30-39-11-9-8-10-12-39)62-54(71)48-35-60-23-24-61-48)59-74-57(5,6)58(7,75-59)42-15-13-40(14-16-42)55(72)66-26-20-38(21-27-66)19-25-65-28-22-41-31-44(17-18-49(41)65)67-53(63-64-56(67)73)46-33-45(37(3)4)50(68)34-51(46)69/h8-18,22-24,28,31,33-38,43,47,68-69H,19-21,25-27,29-30,32H2,1-7H3,(H,62,71)(H,64,73)/t43-,47+,58?/m1/s1. The summed E-state index contributed by atoms with van der Waals surface area (Å²) >= 11 is 0. The predicted molar refractivity (Wildman–Crippen MR) is 288 cm³/mol. The summed E-state index contributed by atoms with van der Waals surface area (Å²) < 4.78 is 17.3. The third-order valence-electron chi connectivity index (χ3n) is 15.4. The molecule has 3 atom stereocenters. The van der Waals surface area contributed by atoms with Gasteiger partial charge in [-0.15, -0.1) is 0 Å². The molecule has 7 aromatic rings. The van der Waals surface area contributed by atoms with E-state index < -0.39 is 36.0 Å². The van der Waals surface area contributed by atoms with Crippen LogP contribution in [0.4, 0.5) is 0 Å². The molecule has 2 amide bonds. The number of nitrogens with one attached hydrogen (secondary N) is 2. The van der Waals surface area contributed by atoms with Crippen molar-refractivity contribution in [3.8, 4) is 28.6 Å². The van der Waals surface area contributed by atoms with Crippen molar-refractivity contribution in [3.63, 3.8) is 0 Å². The number of benzene rings is 4. The first-order valence-electron chi connectivity index (χ1n) is 26.1. The number of rotatable bonds is 18. The van der Waals surface area contributed by atoms with Gasteiger partial charge in [0, 0.05) is 73.0 Å². The fourth-order valence-electron chi connectivity index (χ4n) is 10.8. The fraction of sp³-hybridized carbons (Fsp3) is 0.397. The Bertz CT molecular complexity index is 3220. The summed E-state index contributed by atoms with van der Waals surface area (Å²) in [5, 5.41) is 31.9. The van der Waals surface area contributed by atoms with Gasteiger partial charge in [-0.05, 0) is 130 Å². The Morgan fingerprint density at radius 1 is 0.893 bits per heavy atom. The molecule has 2 aliphatic heterocycles. The summed E-state index contributed by atoms with van der Waals surface area (Å²) in [7, 11) is -0.710. The molecule has 75 heavy (non-hydrogen) atoms. The van der Waals surface area contributed by atoms with Gasteiger partial charge < -0.3 is 34.3 Å². The van der Waals surface area contributed by atoms with Crippen molar-refractivity contribution in [1.29, 1.82) is 0 Å². The van der Waals surface area contributed by atoms with Crippen LogP contribution in [0.15, 0.2) is 121 Å². The first kappa shape index (κ1) is 52.5. The number of aromatic amines is 1. The van der Waals surface area contributed by atoms with Crippen molar-refractivity contribution in [2.75, 3.05) is 13.1 Å². The number of hydrogen-bond donors (Lipinski definition) is 4. The molecule has 2 aliphatic rings. The number of likely N-dealkylation sites (tertiary alicyclic amines) is 1. The molecule has 4 N–H and O–H groups in total. The van der Waals surface area contributed by atoms with Gasteiger partial charge in [-0.1, -0.05) is 70.2 Å². The second-order valence-corrected chi connectivity index (χ2v) is 21.6. The molecule has 0 saturated carbocycles. The van der Waals surface area contributed by atoms with Crippen LogP contribution in [0.25, 0.3) is 28.0 Å². The summed E-state index contributed by atoms with van der Waals surface area (Å²) in [6, 6.07) is 27.2. The van der Waals surface area contributed by atoms with Crippen molar-refractivity contribution in [3.05, 3.63) is 154 Å². The molecule has 3 aromatic heterocycles. The molecule has 0 radical (unpaired) electrons. The van der Waals surface area contributed by atoms with E-state index >= 15 is 0 Å². The second kappa shape index (κ2) is 21.8. The van der Waals surface area contributed by atoms with E-state index in [0.29, 0.717) is 54.2 Å². The molecule has 390 valence electrons. The van der Waals surface area contributed by atoms with E-state index in [1.54, 1.807) is 6.07 Å². The highest BCUT2D eigenvalue weighted by Crippen LogP contribution is 2.49. The highest BCUT2D eigenvalue weighted by molar-refractivity contribution is 6.48. The molecular weight excluding hydrogens is 947 g/mol. The lowest BCUT2D eigenvalue weighted by molar-refractivity contribution is -0.121. The van der Waals surface area contributed by atoms with E-state index in [9.17, 15) is 29.4 Å². The maximum absolute atomic E-state index is 14.3. The molecule has 2 saturated heterocycles. The van der Waals surface area contributed by atoms with Crippen molar-refractivity contribution in [2.24, 2.45) is 11.8 Å². The Balaban J connectivity index is 0.811. The highest BCUT2D eigenvalue weighted by atomic mass is 16.7. The summed E-state index contributed by atoms with van der Waals surface area (Å²) in [6.07, 6.45) is 10.2. The number of carbonyl (C=O) groups is 3. The Hall–Kier alpha value is -7.37. The van der Waals surface area contributed by atoms with Crippen LogP contribution in [-0.2, 0) is 32.7 Å². The zero-order valence-corrected chi connectivity index (χ0v) is 43.8. The van der Waals surface area contributed by atoms with Crippen LogP contribution >= 0.6 is 0 Å². The predicted octanol–water partition coefficient (Wildman–Crippen LogP) is 9.40. The average Bonchev–Trinajstić information content (AvgIpc) is 4.08. The first-order chi connectivity index (χ1) is 35.9. The number of fused-ring (bicyclic) bond motifs is 1. The number of aryl methyl sites for hydroxylation is 1. The van der Waals surface area contributed by atoms with E-state index in [1.807, 2.05) is 118 Å². The number of nitrogens with zero attached hydrogens (tertiary/aromatic N) is 6. The van der Waals surface area contributed by atoms with Crippen LogP contribution in [-0.4, -0.2) is 93.9 Å². The van der Waals surface area contributed by atoms with Gasteiger partial charge in [0.2, 0.25) is 0 Å². The maximum atomic E-state index is 14.3. The number of hydrogen-bond acceptors (Lipinski definition) is 11. The number of Topliss-reactive ketones (excluding diaryl/α,β-unsaturated/α-hetero) is 1. The zero-order valence-electron chi connectivity index (χ0n) is 43.8. The Morgan fingerprint density at radius 3 is 2.33 bits per heavy atom. The molecule has 0 spiro atoms. The number of aromatic hydroxyl groups is 2. The van der Waals surface area contributed by atoms with E-state index in [1.165, 1.54) is 29.2 Å². The number of carbonyl (C=O) groups excluding carboxylic acids is 3. The molecular formula is C58H67BN8O8. The lowest BCUT2D eigenvalue weighted by Crippen LogP contribution is -2.44. The number of piperidine rings is 1. The Kier molecular flexibility index (Phi) is 15.3. The number of amides is 2. The second-order valence-electron chi connectivity index (χ2n) is 21.6. The fourth-order valence-corrected chi connectivity index (χ4v) is 10.8. The maximum Gasteiger partial charge on any atom is 0.461 e. The average molecular weight is 1020 g/mol. The number of ketones is 1. The van der Waals surface area contributed by atoms with Gasteiger partial charge >= 0.3 is 12.8 Å². The van der Waals surface area contributed by atoms with Crippen molar-refractivity contribution >= 4 is 35.6 Å². The molecule has 5 heterocycles. The number of phenolic OH excluding ortho intramolecular Hbond substituents is 2. The lowest BCUT2D eigenvalue weighted by Gasteiger charge is -2.37. The lowest BCUT2D eigenvalue weighted by atomic mass is 9.65. The van der Waals surface area contributed by atoms with E-state index in [-0.39, 0.29) is 58.8 Å². The largest absolute Gasteiger partial charge is 0.508 e. The van der Waals surface area contributed by atoms with Crippen LogP contribution in [0.1, 0.15) is 124 Å². The monoisotopic (exact) mass is 1010 g/mol. The van der Waals surface area contributed by atoms with Gasteiger partial charge in [0.1, 0.15) is 22.8 Å². The molecule has 0 aliphatic carbocycles. The van der Waals surface area contributed by atoms with Crippen LogP contribution in [0, 0.1) is 11.8 Å². The molecule has 9 rings (SSSR count). The van der Waals surface area contributed by atoms with E-state index in [4.69, 9.17) is 9.31 Å². The summed E-state index contributed by atoms with van der Waals surface area (Å²) in [5.41, 5.74) is 2.96. The van der Waals surface area contributed by atoms with Gasteiger partial charge in [0.25, 0.3) is 11.8 Å². The van der Waals surface area contributed by atoms with E-state index in [2.05, 4.69) is 50.1 Å². The number of phenols is 2. The minimum atomic E-state index is -0.910. The summed E-state index contributed by atoms with van der Waals surface area (Å²) in [5.74, 6) is -0.214. The molecule has 4 aromatic carbocycles. The Labute approximate surface area is 437 Å². The molecule has 16 nitrogen and oxygen atoms in total. The third kappa shape index (κ3) is 11.2. The quantitative estimate of drug-likeness (QED) is 0.0596. The Morgan fingerprint density at radius 2 is 1.64 bits per heavy atom. The van der Waals surface area contributed by atoms with Gasteiger partial charge in [0.15, 0.2) is 11.6 Å².